The average Bonchev–Trinajstić information content (AvgIpc) is 3.11. The standard InChI is InChI=1S/C46H88O6/c1-6-7-8-9-19-26-31-36-44(47)50-39-43(52-46(49)38-33-28-23-18-21-25-30-35-42(4)5)40-51-45(48)37-32-27-22-17-15-13-11-10-12-14-16-20-24-29-34-41(2)3/h41-43H,6-40H2,1-5H3/t43-/m1/s1. The number of carbonyl (C=O) groups is 3. The van der Waals surface area contributed by atoms with E-state index in [-0.39, 0.29) is 31.1 Å². The highest BCUT2D eigenvalue weighted by atomic mass is 16.6. The van der Waals surface area contributed by atoms with E-state index in [0.717, 1.165) is 69.6 Å². The molecule has 0 fully saturated rings. The van der Waals surface area contributed by atoms with Crippen LogP contribution in [0.3, 0.4) is 0 Å². The van der Waals surface area contributed by atoms with Gasteiger partial charge in [0.15, 0.2) is 6.10 Å². The molecule has 0 N–H and O–H groups in total. The van der Waals surface area contributed by atoms with Gasteiger partial charge in [0, 0.05) is 19.3 Å². The number of esters is 3. The summed E-state index contributed by atoms with van der Waals surface area (Å²) in [5.41, 5.74) is 0. The highest BCUT2D eigenvalue weighted by molar-refractivity contribution is 5.71. The molecule has 6 nitrogen and oxygen atoms in total. The SMILES string of the molecule is CCCCCCCCCC(=O)OC[C@H](COC(=O)CCCCCCCCCCCCCCCCC(C)C)OC(=O)CCCCCCCCCC(C)C. The van der Waals surface area contributed by atoms with E-state index < -0.39 is 6.10 Å². The van der Waals surface area contributed by atoms with Gasteiger partial charge in [-0.1, -0.05) is 208 Å². The fraction of sp³-hybridized carbons (Fsp3) is 0.935. The van der Waals surface area contributed by atoms with E-state index in [2.05, 4.69) is 34.6 Å². The molecule has 6 heteroatoms. The fourth-order valence-electron chi connectivity index (χ4n) is 6.75. The summed E-state index contributed by atoms with van der Waals surface area (Å²) >= 11 is 0. The Labute approximate surface area is 323 Å². The van der Waals surface area contributed by atoms with Crippen molar-refractivity contribution in [1.82, 2.24) is 0 Å². The largest absolute Gasteiger partial charge is 0.462 e. The van der Waals surface area contributed by atoms with E-state index in [1.165, 1.54) is 135 Å². The molecule has 0 heterocycles. The van der Waals surface area contributed by atoms with Crippen molar-refractivity contribution in [2.75, 3.05) is 13.2 Å². The normalized spacial score (nSPS) is 12.1. The van der Waals surface area contributed by atoms with Gasteiger partial charge in [-0.05, 0) is 31.1 Å². The zero-order chi connectivity index (χ0) is 38.3. The Bertz CT molecular complexity index is 794. The van der Waals surface area contributed by atoms with Crippen molar-refractivity contribution in [1.29, 1.82) is 0 Å². The third-order valence-corrected chi connectivity index (χ3v) is 10.2. The quantitative estimate of drug-likeness (QED) is 0.0354. The second-order valence-electron chi connectivity index (χ2n) is 16.6. The van der Waals surface area contributed by atoms with Gasteiger partial charge in [0.05, 0.1) is 0 Å². The second-order valence-corrected chi connectivity index (χ2v) is 16.6. The Kier molecular flexibility index (Phi) is 37.9. The molecule has 0 bridgehead atoms. The van der Waals surface area contributed by atoms with Crippen molar-refractivity contribution in [2.45, 2.75) is 253 Å². The van der Waals surface area contributed by atoms with Crippen LogP contribution >= 0.6 is 0 Å². The molecule has 0 aliphatic heterocycles. The Morgan fingerprint density at radius 3 is 0.942 bits per heavy atom. The minimum Gasteiger partial charge on any atom is -0.462 e. The minimum atomic E-state index is -0.759. The van der Waals surface area contributed by atoms with Gasteiger partial charge in [0.2, 0.25) is 0 Å². The first-order valence-electron chi connectivity index (χ1n) is 22.7. The predicted octanol–water partition coefficient (Wildman–Crippen LogP) is 14.2. The Morgan fingerprint density at radius 2 is 0.635 bits per heavy atom. The molecular weight excluding hydrogens is 649 g/mol. The molecule has 0 spiro atoms. The van der Waals surface area contributed by atoms with Crippen LogP contribution in [0.4, 0.5) is 0 Å². The molecule has 0 aromatic rings. The molecule has 0 saturated heterocycles. The van der Waals surface area contributed by atoms with Crippen LogP contribution in [0.5, 0.6) is 0 Å². The molecule has 0 saturated carbocycles. The fourth-order valence-corrected chi connectivity index (χ4v) is 6.75. The maximum Gasteiger partial charge on any atom is 0.306 e. The third-order valence-electron chi connectivity index (χ3n) is 10.2. The molecule has 308 valence electrons. The van der Waals surface area contributed by atoms with Crippen molar-refractivity contribution < 1.29 is 28.6 Å². The maximum absolute atomic E-state index is 12.6. The highest BCUT2D eigenvalue weighted by Gasteiger charge is 2.19. The first kappa shape index (κ1) is 50.4. The van der Waals surface area contributed by atoms with Crippen LogP contribution in [0.15, 0.2) is 0 Å². The summed E-state index contributed by atoms with van der Waals surface area (Å²) in [4.78, 5) is 37.5. The molecule has 0 amide bonds. The molecule has 0 aliphatic carbocycles. The Morgan fingerprint density at radius 1 is 0.365 bits per heavy atom. The van der Waals surface area contributed by atoms with E-state index in [1.54, 1.807) is 0 Å². The molecule has 0 unspecified atom stereocenters. The van der Waals surface area contributed by atoms with Crippen LogP contribution in [0.2, 0.25) is 0 Å². The smallest absolute Gasteiger partial charge is 0.306 e. The van der Waals surface area contributed by atoms with Gasteiger partial charge in [-0.2, -0.15) is 0 Å². The minimum absolute atomic E-state index is 0.0657. The summed E-state index contributed by atoms with van der Waals surface area (Å²) in [6.45, 7) is 11.3. The number of unbranched alkanes of at least 4 members (excludes halogenated alkanes) is 25. The average molecular weight is 737 g/mol. The van der Waals surface area contributed by atoms with Gasteiger partial charge >= 0.3 is 17.9 Å². The predicted molar refractivity (Wildman–Crippen MR) is 220 cm³/mol. The first-order chi connectivity index (χ1) is 25.2. The van der Waals surface area contributed by atoms with Gasteiger partial charge in [0.1, 0.15) is 13.2 Å². The van der Waals surface area contributed by atoms with Crippen LogP contribution in [0, 0.1) is 11.8 Å². The maximum atomic E-state index is 12.6. The molecule has 1 atom stereocenters. The summed E-state index contributed by atoms with van der Waals surface area (Å²) < 4.78 is 16.6. The lowest BCUT2D eigenvalue weighted by Crippen LogP contribution is -2.30. The molecular formula is C46H88O6. The molecule has 0 aromatic carbocycles. The highest BCUT2D eigenvalue weighted by Crippen LogP contribution is 2.16. The van der Waals surface area contributed by atoms with E-state index in [1.807, 2.05) is 0 Å². The lowest BCUT2D eigenvalue weighted by molar-refractivity contribution is -0.167. The summed E-state index contributed by atoms with van der Waals surface area (Å²) in [5.74, 6) is 0.756. The number of ether oxygens (including phenoxy) is 3. The van der Waals surface area contributed by atoms with E-state index in [9.17, 15) is 14.4 Å². The van der Waals surface area contributed by atoms with Crippen molar-refractivity contribution in [3.63, 3.8) is 0 Å². The zero-order valence-electron chi connectivity index (χ0n) is 35.4. The Balaban J connectivity index is 4.21. The van der Waals surface area contributed by atoms with E-state index in [0.29, 0.717) is 19.3 Å². The first-order valence-corrected chi connectivity index (χ1v) is 22.7. The number of rotatable bonds is 40. The molecule has 0 aromatic heterocycles. The molecule has 0 rings (SSSR count). The van der Waals surface area contributed by atoms with Crippen molar-refractivity contribution >= 4 is 17.9 Å². The van der Waals surface area contributed by atoms with Crippen LogP contribution in [0.1, 0.15) is 247 Å². The van der Waals surface area contributed by atoms with Crippen molar-refractivity contribution in [2.24, 2.45) is 11.8 Å². The van der Waals surface area contributed by atoms with Crippen molar-refractivity contribution in [3.8, 4) is 0 Å². The van der Waals surface area contributed by atoms with Crippen LogP contribution < -0.4 is 0 Å². The molecule has 0 radical (unpaired) electrons. The van der Waals surface area contributed by atoms with Crippen LogP contribution in [-0.2, 0) is 28.6 Å². The van der Waals surface area contributed by atoms with E-state index >= 15 is 0 Å². The number of hydrogen-bond donors (Lipinski definition) is 0. The summed E-state index contributed by atoms with van der Waals surface area (Å²) in [6.07, 6.45) is 36.8. The van der Waals surface area contributed by atoms with E-state index in [4.69, 9.17) is 14.2 Å². The van der Waals surface area contributed by atoms with Crippen LogP contribution in [-0.4, -0.2) is 37.2 Å². The van der Waals surface area contributed by atoms with Gasteiger partial charge in [0.25, 0.3) is 0 Å². The number of hydrogen-bond acceptors (Lipinski definition) is 6. The second kappa shape index (κ2) is 39.1. The molecule has 52 heavy (non-hydrogen) atoms. The monoisotopic (exact) mass is 737 g/mol. The van der Waals surface area contributed by atoms with Crippen LogP contribution in [0.25, 0.3) is 0 Å². The van der Waals surface area contributed by atoms with Gasteiger partial charge in [-0.15, -0.1) is 0 Å². The van der Waals surface area contributed by atoms with Crippen molar-refractivity contribution in [3.05, 3.63) is 0 Å². The lowest BCUT2D eigenvalue weighted by atomic mass is 10.0. The van der Waals surface area contributed by atoms with Gasteiger partial charge in [-0.25, -0.2) is 0 Å². The number of carbonyl (C=O) groups excluding carboxylic acids is 3. The van der Waals surface area contributed by atoms with Gasteiger partial charge < -0.3 is 14.2 Å². The third kappa shape index (κ3) is 39.6. The summed E-state index contributed by atoms with van der Waals surface area (Å²) in [7, 11) is 0. The Hall–Kier alpha value is -1.59. The lowest BCUT2D eigenvalue weighted by Gasteiger charge is -2.18. The molecule has 0 aliphatic rings. The zero-order valence-corrected chi connectivity index (χ0v) is 35.4. The van der Waals surface area contributed by atoms with Gasteiger partial charge in [-0.3, -0.25) is 14.4 Å². The summed E-state index contributed by atoms with van der Waals surface area (Å²) in [5, 5.41) is 0. The summed E-state index contributed by atoms with van der Waals surface area (Å²) in [6, 6.07) is 0. The topological polar surface area (TPSA) is 78.9 Å².